The first-order chi connectivity index (χ1) is 11.3. The van der Waals surface area contributed by atoms with Crippen LogP contribution in [0.3, 0.4) is 0 Å². The minimum absolute atomic E-state index is 0.00596. The highest BCUT2D eigenvalue weighted by atomic mass is 16.7. The van der Waals surface area contributed by atoms with Crippen molar-refractivity contribution in [3.63, 3.8) is 0 Å². The van der Waals surface area contributed by atoms with Crippen LogP contribution < -0.4 is 5.32 Å². The summed E-state index contributed by atoms with van der Waals surface area (Å²) in [5.41, 5.74) is -0.845. The van der Waals surface area contributed by atoms with Crippen molar-refractivity contribution >= 4 is 23.5 Å². The molecule has 0 saturated carbocycles. The van der Waals surface area contributed by atoms with E-state index in [0.29, 0.717) is 5.76 Å². The van der Waals surface area contributed by atoms with Gasteiger partial charge in [0.05, 0.1) is 18.1 Å². The zero-order valence-electron chi connectivity index (χ0n) is 13.3. The maximum Gasteiger partial charge on any atom is 0.355 e. The van der Waals surface area contributed by atoms with Gasteiger partial charge in [-0.2, -0.15) is 0 Å². The normalized spacial score (nSPS) is 9.92. The van der Waals surface area contributed by atoms with Gasteiger partial charge < -0.3 is 24.6 Å². The first-order valence-electron chi connectivity index (χ1n) is 6.86. The predicted molar refractivity (Wildman–Crippen MR) is 82.5 cm³/mol. The van der Waals surface area contributed by atoms with Gasteiger partial charge in [0.1, 0.15) is 12.2 Å². The highest BCUT2D eigenvalue weighted by Gasteiger charge is 2.24. The average Bonchev–Trinajstić information content (AvgIpc) is 2.49. The second kappa shape index (κ2) is 9.26. The number of nitrogens with zero attached hydrogens (tertiary/aromatic N) is 1. The summed E-state index contributed by atoms with van der Waals surface area (Å²) < 4.78 is 14.9. The van der Waals surface area contributed by atoms with Crippen molar-refractivity contribution in [1.29, 1.82) is 0 Å². The third-order valence-electron chi connectivity index (χ3n) is 2.52. The summed E-state index contributed by atoms with van der Waals surface area (Å²) in [7, 11) is 0. The second-order valence-electron chi connectivity index (χ2n) is 4.58. The molecule has 0 aliphatic rings. The molecule has 9 heteroatoms. The van der Waals surface area contributed by atoms with Crippen LogP contribution in [-0.2, 0) is 19.0 Å². The van der Waals surface area contributed by atoms with E-state index in [1.54, 1.807) is 6.92 Å². The number of carbonyl (C=O) groups excluding carboxylic acids is 2. The largest absolute Gasteiger partial charge is 0.476 e. The van der Waals surface area contributed by atoms with E-state index in [-0.39, 0.29) is 31.3 Å². The van der Waals surface area contributed by atoms with E-state index in [1.807, 2.05) is 0 Å². The molecule has 9 nitrogen and oxygen atoms in total. The van der Waals surface area contributed by atoms with E-state index in [1.165, 1.54) is 19.2 Å². The number of anilines is 1. The Hall–Kier alpha value is -2.94. The summed E-state index contributed by atoms with van der Waals surface area (Å²) in [4.78, 5) is 38.2. The lowest BCUT2D eigenvalue weighted by Crippen LogP contribution is -2.20. The number of pyridine rings is 1. The SMILES string of the molecule is C=C(C)OCOCCOC(=O)c1c(NC(C)=O)ccnc1C(=O)O. The highest BCUT2D eigenvalue weighted by molar-refractivity contribution is 6.07. The summed E-state index contributed by atoms with van der Waals surface area (Å²) in [5.74, 6) is -2.34. The Morgan fingerprint density at radius 2 is 1.96 bits per heavy atom. The molecule has 0 atom stereocenters. The number of rotatable bonds is 9. The predicted octanol–water partition coefficient (Wildman–Crippen LogP) is 1.42. The fourth-order valence-electron chi connectivity index (χ4n) is 1.59. The number of aromatic nitrogens is 1. The lowest BCUT2D eigenvalue weighted by molar-refractivity contribution is -0.114. The van der Waals surface area contributed by atoms with Crippen molar-refractivity contribution in [3.05, 3.63) is 35.9 Å². The average molecular weight is 338 g/mol. The van der Waals surface area contributed by atoms with Gasteiger partial charge in [0, 0.05) is 13.1 Å². The van der Waals surface area contributed by atoms with Crippen molar-refractivity contribution in [1.82, 2.24) is 4.98 Å². The lowest BCUT2D eigenvalue weighted by Gasteiger charge is -2.12. The van der Waals surface area contributed by atoms with Gasteiger partial charge in [0.2, 0.25) is 5.91 Å². The second-order valence-corrected chi connectivity index (χ2v) is 4.58. The Bertz CT molecular complexity index is 643. The molecule has 0 aliphatic heterocycles. The van der Waals surface area contributed by atoms with Gasteiger partial charge in [-0.25, -0.2) is 14.6 Å². The fourth-order valence-corrected chi connectivity index (χ4v) is 1.59. The molecular formula is C15H18N2O7. The van der Waals surface area contributed by atoms with Crippen LogP contribution in [0, 0.1) is 0 Å². The number of carbonyl (C=O) groups is 3. The fraction of sp³-hybridized carbons (Fsp3) is 0.333. The summed E-state index contributed by atoms with van der Waals surface area (Å²) in [6.45, 7) is 6.26. The van der Waals surface area contributed by atoms with Crippen molar-refractivity contribution in [2.45, 2.75) is 13.8 Å². The Balaban J connectivity index is 2.75. The third kappa shape index (κ3) is 6.05. The maximum absolute atomic E-state index is 12.1. The van der Waals surface area contributed by atoms with Gasteiger partial charge in [-0.15, -0.1) is 0 Å². The number of carboxylic acid groups (broad SMARTS) is 1. The number of hydrogen-bond donors (Lipinski definition) is 2. The Labute approximate surface area is 138 Å². The van der Waals surface area contributed by atoms with Crippen LogP contribution in [0.25, 0.3) is 0 Å². The summed E-state index contributed by atoms with van der Waals surface area (Å²) in [6, 6.07) is 1.31. The maximum atomic E-state index is 12.1. The third-order valence-corrected chi connectivity index (χ3v) is 2.52. The lowest BCUT2D eigenvalue weighted by atomic mass is 10.1. The highest BCUT2D eigenvalue weighted by Crippen LogP contribution is 2.19. The van der Waals surface area contributed by atoms with E-state index in [2.05, 4.69) is 16.9 Å². The van der Waals surface area contributed by atoms with Crippen LogP contribution in [0.4, 0.5) is 5.69 Å². The topological polar surface area (TPSA) is 124 Å². The smallest absolute Gasteiger partial charge is 0.355 e. The number of carboxylic acids is 1. The number of allylic oxidation sites excluding steroid dienone is 1. The molecule has 1 aromatic rings. The number of hydrogen-bond acceptors (Lipinski definition) is 7. The number of aromatic carboxylic acids is 1. The van der Waals surface area contributed by atoms with Gasteiger partial charge in [0.25, 0.3) is 0 Å². The van der Waals surface area contributed by atoms with Crippen LogP contribution in [0.15, 0.2) is 24.6 Å². The molecule has 130 valence electrons. The van der Waals surface area contributed by atoms with Crippen molar-refractivity contribution in [2.75, 3.05) is 25.3 Å². The molecule has 1 amide bonds. The number of nitrogens with one attached hydrogen (secondary N) is 1. The Morgan fingerprint density at radius 1 is 1.25 bits per heavy atom. The van der Waals surface area contributed by atoms with E-state index < -0.39 is 23.5 Å². The molecule has 0 saturated heterocycles. The van der Waals surface area contributed by atoms with Gasteiger partial charge in [-0.1, -0.05) is 6.58 Å². The first-order valence-corrected chi connectivity index (χ1v) is 6.86. The summed E-state index contributed by atoms with van der Waals surface area (Å²) in [5, 5.41) is 11.5. The molecule has 1 heterocycles. The summed E-state index contributed by atoms with van der Waals surface area (Å²) in [6.07, 6.45) is 1.17. The molecule has 1 aromatic heterocycles. The number of ether oxygens (including phenoxy) is 3. The quantitative estimate of drug-likeness (QED) is 0.300. The molecule has 0 aliphatic carbocycles. The molecular weight excluding hydrogens is 320 g/mol. The van der Waals surface area contributed by atoms with Crippen LogP contribution >= 0.6 is 0 Å². The molecule has 0 radical (unpaired) electrons. The van der Waals surface area contributed by atoms with E-state index >= 15 is 0 Å². The van der Waals surface area contributed by atoms with Crippen LogP contribution in [0.1, 0.15) is 34.7 Å². The van der Waals surface area contributed by atoms with Crippen LogP contribution in [0.5, 0.6) is 0 Å². The van der Waals surface area contributed by atoms with E-state index in [4.69, 9.17) is 19.3 Å². The van der Waals surface area contributed by atoms with Gasteiger partial charge >= 0.3 is 11.9 Å². The standard InChI is InChI=1S/C15H18N2O7/c1-9(2)24-8-22-6-7-23-15(21)12-11(17-10(3)18)4-5-16-13(12)14(19)20/h4-5H,1,6-8H2,2-3H3,(H,19,20)(H,16,17,18). The molecule has 24 heavy (non-hydrogen) atoms. The Kier molecular flexibility index (Phi) is 7.37. The van der Waals surface area contributed by atoms with Crippen molar-refractivity contribution in [2.24, 2.45) is 0 Å². The van der Waals surface area contributed by atoms with E-state index in [9.17, 15) is 14.4 Å². The zero-order valence-corrected chi connectivity index (χ0v) is 13.3. The molecule has 0 unspecified atom stereocenters. The van der Waals surface area contributed by atoms with Crippen LogP contribution in [-0.4, -0.2) is 47.9 Å². The zero-order chi connectivity index (χ0) is 18.1. The van der Waals surface area contributed by atoms with Crippen LogP contribution in [0.2, 0.25) is 0 Å². The minimum Gasteiger partial charge on any atom is -0.476 e. The van der Waals surface area contributed by atoms with Crippen molar-refractivity contribution < 1.29 is 33.7 Å². The first kappa shape index (κ1) is 19.1. The monoisotopic (exact) mass is 338 g/mol. The van der Waals surface area contributed by atoms with Gasteiger partial charge in [-0.05, 0) is 13.0 Å². The van der Waals surface area contributed by atoms with Crippen molar-refractivity contribution in [3.8, 4) is 0 Å². The minimum atomic E-state index is -1.42. The van der Waals surface area contributed by atoms with E-state index in [0.717, 1.165) is 0 Å². The molecule has 1 rings (SSSR count). The Morgan fingerprint density at radius 3 is 2.54 bits per heavy atom. The molecule has 0 spiro atoms. The summed E-state index contributed by atoms with van der Waals surface area (Å²) >= 11 is 0. The number of esters is 1. The molecule has 0 fully saturated rings. The van der Waals surface area contributed by atoms with Gasteiger partial charge in [0.15, 0.2) is 12.5 Å². The molecule has 2 N–H and O–H groups in total. The molecule has 0 aromatic carbocycles. The number of amides is 1. The molecule has 0 bridgehead atoms. The van der Waals surface area contributed by atoms with Gasteiger partial charge in [-0.3, -0.25) is 4.79 Å².